The third-order valence-electron chi connectivity index (χ3n) is 9.35. The minimum absolute atomic E-state index is 0.0246. The molecule has 230 valence electrons. The van der Waals surface area contributed by atoms with Crippen LogP contribution >= 0.6 is 11.8 Å². The second-order valence-electron chi connectivity index (χ2n) is 13.3. The van der Waals surface area contributed by atoms with Crippen LogP contribution in [0.1, 0.15) is 71.8 Å². The molecule has 3 saturated heterocycles. The summed E-state index contributed by atoms with van der Waals surface area (Å²) in [7, 11) is 0. The van der Waals surface area contributed by atoms with E-state index in [0.717, 1.165) is 44.1 Å². The maximum Gasteiger partial charge on any atom is 0.247 e. The molecule has 0 aromatic heterocycles. The van der Waals surface area contributed by atoms with E-state index in [1.54, 1.807) is 23.9 Å². The Labute approximate surface area is 256 Å². The number of carbonyl (C=O) groups excluding carboxylic acids is 3. The van der Waals surface area contributed by atoms with Crippen LogP contribution in [0.5, 0.6) is 0 Å². The summed E-state index contributed by atoms with van der Waals surface area (Å²) in [6, 6.07) is 9.29. The van der Waals surface area contributed by atoms with Gasteiger partial charge in [-0.25, -0.2) is 0 Å². The molecular formula is C34H49N3O4S. The van der Waals surface area contributed by atoms with Gasteiger partial charge in [-0.15, -0.1) is 24.9 Å². The van der Waals surface area contributed by atoms with Gasteiger partial charge in [-0.05, 0) is 58.9 Å². The predicted octanol–water partition coefficient (Wildman–Crippen LogP) is 5.05. The van der Waals surface area contributed by atoms with Gasteiger partial charge in [0.1, 0.15) is 6.04 Å². The number of benzene rings is 1. The number of fused-ring (bicyclic) bond motifs is 1. The van der Waals surface area contributed by atoms with E-state index in [0.29, 0.717) is 26.2 Å². The summed E-state index contributed by atoms with van der Waals surface area (Å²) >= 11 is 1.73. The van der Waals surface area contributed by atoms with Crippen molar-refractivity contribution in [3.63, 3.8) is 0 Å². The van der Waals surface area contributed by atoms with Crippen LogP contribution in [0.25, 0.3) is 0 Å². The fourth-order valence-corrected chi connectivity index (χ4v) is 9.77. The molecule has 5 atom stereocenters. The van der Waals surface area contributed by atoms with Crippen molar-refractivity contribution in [3.8, 4) is 0 Å². The van der Waals surface area contributed by atoms with Crippen molar-refractivity contribution in [3.05, 3.63) is 61.2 Å². The Hall–Kier alpha value is -2.58. The third-order valence-corrected chi connectivity index (χ3v) is 11.3. The first kappa shape index (κ1) is 32.3. The molecule has 3 amide bonds. The summed E-state index contributed by atoms with van der Waals surface area (Å²) in [5, 5.41) is 9.22. The average molecular weight is 596 g/mol. The van der Waals surface area contributed by atoms with E-state index in [-0.39, 0.29) is 24.3 Å². The van der Waals surface area contributed by atoms with E-state index >= 15 is 0 Å². The number of thioether (sulfide) groups is 1. The molecule has 4 rings (SSSR count). The second kappa shape index (κ2) is 13.0. The number of hydrogen-bond acceptors (Lipinski definition) is 5. The Balaban J connectivity index is 1.72. The number of amides is 3. The molecule has 8 heteroatoms. The molecule has 1 spiro atoms. The zero-order valence-corrected chi connectivity index (χ0v) is 26.7. The van der Waals surface area contributed by atoms with E-state index in [1.165, 1.54) is 0 Å². The van der Waals surface area contributed by atoms with Gasteiger partial charge in [0.25, 0.3) is 0 Å². The van der Waals surface area contributed by atoms with Crippen molar-refractivity contribution in [1.29, 1.82) is 0 Å². The minimum Gasteiger partial charge on any atom is -0.396 e. The number of unbranched alkanes of at least 4 members (excludes halogenated alkanes) is 3. The number of carbonyl (C=O) groups is 3. The number of aliphatic hydroxyl groups excluding tert-OH is 1. The van der Waals surface area contributed by atoms with Gasteiger partial charge < -0.3 is 19.8 Å². The van der Waals surface area contributed by atoms with Gasteiger partial charge in [0.05, 0.1) is 16.6 Å². The van der Waals surface area contributed by atoms with E-state index in [1.807, 2.05) is 65.8 Å². The van der Waals surface area contributed by atoms with Crippen molar-refractivity contribution in [2.45, 2.75) is 93.8 Å². The first-order valence-electron chi connectivity index (χ1n) is 15.4. The first-order valence-corrected chi connectivity index (χ1v) is 16.2. The molecule has 1 aromatic carbocycles. The SMILES string of the molecule is C=CCN(Cc1ccccc1)C(=O)[C@H]1[C@H]2C(=O)N(CCCCCCO)C(C(=O)N(CC=C)C(C)(C)C)C23CC[C@]1(C)S3. The van der Waals surface area contributed by atoms with Crippen LogP contribution in [-0.2, 0) is 20.9 Å². The summed E-state index contributed by atoms with van der Waals surface area (Å²) in [4.78, 5) is 49.1. The van der Waals surface area contributed by atoms with Crippen molar-refractivity contribution in [2.24, 2.45) is 11.8 Å². The van der Waals surface area contributed by atoms with Gasteiger partial charge in [0.2, 0.25) is 17.7 Å². The molecule has 3 aliphatic rings. The quantitative estimate of drug-likeness (QED) is 0.241. The highest BCUT2D eigenvalue weighted by Gasteiger charge is 2.77. The highest BCUT2D eigenvalue weighted by atomic mass is 32.2. The zero-order valence-electron chi connectivity index (χ0n) is 25.9. The van der Waals surface area contributed by atoms with Crippen LogP contribution in [0.15, 0.2) is 55.6 Å². The van der Waals surface area contributed by atoms with Gasteiger partial charge in [0.15, 0.2) is 0 Å². The number of rotatable bonds is 14. The second-order valence-corrected chi connectivity index (χ2v) is 15.2. The number of aliphatic hydroxyl groups is 1. The molecule has 7 nitrogen and oxygen atoms in total. The standard InChI is InChI=1S/C34H49N3O4S/c1-7-20-35(24-25-16-12-11-13-17-25)29(39)26-27-30(40)36(22-14-9-10-15-23-38)28(34(27)19-18-33(26,6)42-34)31(41)37(21-8-2)32(3,4)5/h7-8,11-13,16-17,26-28,38H,1-2,9-10,14-15,18-24H2,3-6H3/t26-,27+,28?,33+,34?/m1/s1. The molecule has 0 aliphatic carbocycles. The van der Waals surface area contributed by atoms with Crippen LogP contribution in [0.3, 0.4) is 0 Å². The molecule has 1 N–H and O–H groups in total. The number of likely N-dealkylation sites (tertiary alicyclic amines) is 1. The van der Waals surface area contributed by atoms with Crippen LogP contribution in [0, 0.1) is 11.8 Å². The van der Waals surface area contributed by atoms with E-state index in [9.17, 15) is 19.5 Å². The molecule has 0 saturated carbocycles. The van der Waals surface area contributed by atoms with Gasteiger partial charge in [-0.2, -0.15) is 0 Å². The lowest BCUT2D eigenvalue weighted by Gasteiger charge is -2.42. The Morgan fingerprint density at radius 2 is 1.71 bits per heavy atom. The van der Waals surface area contributed by atoms with Gasteiger partial charge in [-0.3, -0.25) is 14.4 Å². The molecule has 3 heterocycles. The van der Waals surface area contributed by atoms with E-state index in [4.69, 9.17) is 0 Å². The van der Waals surface area contributed by atoms with Crippen molar-refractivity contribution in [2.75, 3.05) is 26.2 Å². The van der Waals surface area contributed by atoms with Crippen molar-refractivity contribution < 1.29 is 19.5 Å². The highest BCUT2D eigenvalue weighted by molar-refractivity contribution is 8.02. The summed E-state index contributed by atoms with van der Waals surface area (Å²) < 4.78 is -1.07. The van der Waals surface area contributed by atoms with Crippen LogP contribution in [-0.4, -0.2) is 84.8 Å². The lowest BCUT2D eigenvalue weighted by molar-refractivity contribution is -0.146. The summed E-state index contributed by atoms with van der Waals surface area (Å²) in [6.45, 7) is 17.9. The third kappa shape index (κ3) is 5.94. The first-order chi connectivity index (χ1) is 19.9. The van der Waals surface area contributed by atoms with Crippen LogP contribution in [0.4, 0.5) is 0 Å². The van der Waals surface area contributed by atoms with Gasteiger partial charge >= 0.3 is 0 Å². The molecular weight excluding hydrogens is 546 g/mol. The summed E-state index contributed by atoms with van der Waals surface area (Å²) in [5.41, 5.74) is 0.580. The average Bonchev–Trinajstić information content (AvgIpc) is 3.51. The predicted molar refractivity (Wildman–Crippen MR) is 170 cm³/mol. The van der Waals surface area contributed by atoms with Crippen LogP contribution < -0.4 is 0 Å². The Kier molecular flexibility index (Phi) is 9.98. The highest BCUT2D eigenvalue weighted by Crippen LogP contribution is 2.71. The van der Waals surface area contributed by atoms with Crippen LogP contribution in [0.2, 0.25) is 0 Å². The van der Waals surface area contributed by atoms with E-state index < -0.39 is 32.9 Å². The smallest absolute Gasteiger partial charge is 0.247 e. The maximum absolute atomic E-state index is 14.6. The summed E-state index contributed by atoms with van der Waals surface area (Å²) in [5.74, 6) is -1.19. The zero-order chi connectivity index (χ0) is 30.7. The van der Waals surface area contributed by atoms with Gasteiger partial charge in [-0.1, -0.05) is 55.3 Å². The largest absolute Gasteiger partial charge is 0.396 e. The molecule has 0 radical (unpaired) electrons. The molecule has 3 fully saturated rings. The Bertz CT molecular complexity index is 1170. The Morgan fingerprint density at radius 3 is 2.33 bits per heavy atom. The van der Waals surface area contributed by atoms with Gasteiger partial charge in [0, 0.05) is 43.1 Å². The lowest BCUT2D eigenvalue weighted by atomic mass is 9.66. The normalized spacial score (nSPS) is 28.1. The number of hydrogen-bond donors (Lipinski definition) is 1. The van der Waals surface area contributed by atoms with Crippen molar-refractivity contribution in [1.82, 2.24) is 14.7 Å². The molecule has 3 aliphatic heterocycles. The minimum atomic E-state index is -0.647. The van der Waals surface area contributed by atoms with Crippen molar-refractivity contribution >= 4 is 29.5 Å². The molecule has 1 aromatic rings. The monoisotopic (exact) mass is 595 g/mol. The number of nitrogens with zero attached hydrogens (tertiary/aromatic N) is 3. The topological polar surface area (TPSA) is 81.2 Å². The molecule has 2 bridgehead atoms. The Morgan fingerprint density at radius 1 is 1.05 bits per heavy atom. The van der Waals surface area contributed by atoms with E-state index in [2.05, 4.69) is 20.1 Å². The molecule has 2 unspecified atom stereocenters. The maximum atomic E-state index is 14.6. The molecule has 42 heavy (non-hydrogen) atoms. The lowest BCUT2D eigenvalue weighted by Crippen LogP contribution is -2.58. The summed E-state index contributed by atoms with van der Waals surface area (Å²) in [6.07, 6.45) is 8.25. The fraction of sp³-hybridized carbons (Fsp3) is 0.618. The fourth-order valence-electron chi connectivity index (χ4n) is 7.43.